The molecule has 0 saturated carbocycles. The zero-order valence-corrected chi connectivity index (χ0v) is 12.6. The first-order valence-corrected chi connectivity index (χ1v) is 7.11. The van der Waals surface area contributed by atoms with E-state index in [1.165, 1.54) is 6.92 Å². The number of halogens is 1. The second-order valence-corrected chi connectivity index (χ2v) is 5.04. The average molecular weight is 305 g/mol. The lowest BCUT2D eigenvalue weighted by molar-refractivity contribution is -0.140. The Kier molecular flexibility index (Phi) is 5.64. The Balaban J connectivity index is 1.96. The zero-order valence-electron chi connectivity index (χ0n) is 11.8. The summed E-state index contributed by atoms with van der Waals surface area (Å²) in [7, 11) is 0. The van der Waals surface area contributed by atoms with Gasteiger partial charge in [-0.15, -0.1) is 0 Å². The molecule has 4 heteroatoms. The van der Waals surface area contributed by atoms with Crippen LogP contribution < -0.4 is 4.74 Å². The topological polar surface area (TPSA) is 35.5 Å². The van der Waals surface area contributed by atoms with Gasteiger partial charge in [-0.05, 0) is 23.3 Å². The molecule has 0 aliphatic carbocycles. The number of carbonyl (C=O) groups is 1. The number of esters is 1. The molecule has 0 amide bonds. The van der Waals surface area contributed by atoms with Gasteiger partial charge in [-0.2, -0.15) is 0 Å². The predicted octanol–water partition coefficient (Wildman–Crippen LogP) is 4.02. The molecule has 0 N–H and O–H groups in total. The monoisotopic (exact) mass is 304 g/mol. The Morgan fingerprint density at radius 1 is 1.10 bits per heavy atom. The highest BCUT2D eigenvalue weighted by molar-refractivity contribution is 6.32. The highest BCUT2D eigenvalue weighted by atomic mass is 35.5. The van der Waals surface area contributed by atoms with E-state index in [1.807, 2.05) is 42.5 Å². The van der Waals surface area contributed by atoms with Gasteiger partial charge in [0.15, 0.2) is 0 Å². The molecule has 0 bridgehead atoms. The van der Waals surface area contributed by atoms with Gasteiger partial charge >= 0.3 is 5.97 Å². The fourth-order valence-electron chi connectivity index (χ4n) is 1.86. The van der Waals surface area contributed by atoms with Gasteiger partial charge in [0.25, 0.3) is 0 Å². The zero-order chi connectivity index (χ0) is 15.1. The Labute approximate surface area is 129 Å². The second kappa shape index (κ2) is 7.70. The maximum atomic E-state index is 10.7. The van der Waals surface area contributed by atoms with E-state index >= 15 is 0 Å². The third kappa shape index (κ3) is 5.12. The van der Waals surface area contributed by atoms with Crippen LogP contribution in [0, 0.1) is 0 Å². The van der Waals surface area contributed by atoms with Crippen LogP contribution in [0.3, 0.4) is 0 Å². The summed E-state index contributed by atoms with van der Waals surface area (Å²) in [5.74, 6) is 0.366. The van der Waals surface area contributed by atoms with Crippen molar-refractivity contribution in [3.8, 4) is 5.75 Å². The largest absolute Gasteiger partial charge is 0.487 e. The molecule has 2 aromatic rings. The van der Waals surface area contributed by atoms with Crippen molar-refractivity contribution in [3.05, 3.63) is 64.7 Å². The van der Waals surface area contributed by atoms with Gasteiger partial charge in [0.05, 0.1) is 11.6 Å². The summed E-state index contributed by atoms with van der Waals surface area (Å²) < 4.78 is 10.7. The normalized spacial score (nSPS) is 10.2. The predicted molar refractivity (Wildman–Crippen MR) is 82.6 cm³/mol. The third-order valence-electron chi connectivity index (χ3n) is 2.93. The fraction of sp³-hybridized carbons (Fsp3) is 0.235. The van der Waals surface area contributed by atoms with E-state index in [0.29, 0.717) is 30.4 Å². The first-order valence-electron chi connectivity index (χ1n) is 6.73. The number of hydrogen-bond acceptors (Lipinski definition) is 3. The van der Waals surface area contributed by atoms with E-state index in [0.717, 1.165) is 11.1 Å². The summed E-state index contributed by atoms with van der Waals surface area (Å²) in [5, 5.41) is 0.571. The smallest absolute Gasteiger partial charge is 0.302 e. The first-order chi connectivity index (χ1) is 10.1. The Morgan fingerprint density at radius 3 is 2.57 bits per heavy atom. The van der Waals surface area contributed by atoms with Crippen molar-refractivity contribution < 1.29 is 14.3 Å². The molecule has 0 heterocycles. The van der Waals surface area contributed by atoms with Crippen molar-refractivity contribution in [3.63, 3.8) is 0 Å². The van der Waals surface area contributed by atoms with Crippen LogP contribution in [-0.2, 0) is 22.6 Å². The van der Waals surface area contributed by atoms with Gasteiger partial charge in [-0.25, -0.2) is 0 Å². The molecular weight excluding hydrogens is 288 g/mol. The molecule has 2 rings (SSSR count). The molecule has 0 spiro atoms. The molecular formula is C17H17ClO3. The van der Waals surface area contributed by atoms with E-state index < -0.39 is 0 Å². The fourth-order valence-corrected chi connectivity index (χ4v) is 2.03. The number of ether oxygens (including phenoxy) is 2. The van der Waals surface area contributed by atoms with Crippen LogP contribution in [0.1, 0.15) is 18.1 Å². The number of carbonyl (C=O) groups excluding carboxylic acids is 1. The average Bonchev–Trinajstić information content (AvgIpc) is 2.48. The number of hydrogen-bond donors (Lipinski definition) is 0. The standard InChI is InChI=1S/C17H17ClO3/c1-13(19)20-10-9-14-7-8-16(18)17(11-14)21-12-15-5-3-2-4-6-15/h2-8,11H,9-10,12H2,1H3. The van der Waals surface area contributed by atoms with Crippen LogP contribution in [0.15, 0.2) is 48.5 Å². The molecule has 0 aliphatic rings. The van der Waals surface area contributed by atoms with Crippen molar-refractivity contribution in [1.82, 2.24) is 0 Å². The minimum Gasteiger partial charge on any atom is -0.487 e. The lowest BCUT2D eigenvalue weighted by atomic mass is 10.1. The van der Waals surface area contributed by atoms with Crippen molar-refractivity contribution in [2.24, 2.45) is 0 Å². The molecule has 110 valence electrons. The van der Waals surface area contributed by atoms with Gasteiger partial charge < -0.3 is 9.47 Å². The van der Waals surface area contributed by atoms with Gasteiger partial charge in [0.1, 0.15) is 12.4 Å². The van der Waals surface area contributed by atoms with Gasteiger partial charge in [0.2, 0.25) is 0 Å². The van der Waals surface area contributed by atoms with Crippen LogP contribution in [0.5, 0.6) is 5.75 Å². The molecule has 0 aliphatic heterocycles. The van der Waals surface area contributed by atoms with Crippen molar-refractivity contribution in [2.75, 3.05) is 6.61 Å². The van der Waals surface area contributed by atoms with Crippen molar-refractivity contribution in [2.45, 2.75) is 20.0 Å². The maximum Gasteiger partial charge on any atom is 0.302 e. The summed E-state index contributed by atoms with van der Waals surface area (Å²) >= 11 is 6.14. The van der Waals surface area contributed by atoms with E-state index in [1.54, 1.807) is 6.07 Å². The lowest BCUT2D eigenvalue weighted by Crippen LogP contribution is -2.03. The quantitative estimate of drug-likeness (QED) is 0.756. The molecule has 0 saturated heterocycles. The number of benzene rings is 2. The molecule has 3 nitrogen and oxygen atoms in total. The maximum absolute atomic E-state index is 10.7. The van der Waals surface area contributed by atoms with E-state index in [9.17, 15) is 4.79 Å². The Bertz CT molecular complexity index is 596. The molecule has 0 radical (unpaired) electrons. The Morgan fingerprint density at radius 2 is 1.86 bits per heavy atom. The van der Waals surface area contributed by atoms with Gasteiger partial charge in [-0.1, -0.05) is 48.0 Å². The minimum absolute atomic E-state index is 0.274. The molecule has 0 atom stereocenters. The molecule has 0 fully saturated rings. The van der Waals surface area contributed by atoms with Gasteiger partial charge in [-0.3, -0.25) is 4.79 Å². The van der Waals surface area contributed by atoms with Crippen molar-refractivity contribution in [1.29, 1.82) is 0 Å². The van der Waals surface area contributed by atoms with Crippen molar-refractivity contribution >= 4 is 17.6 Å². The lowest BCUT2D eigenvalue weighted by Gasteiger charge is -2.10. The second-order valence-electron chi connectivity index (χ2n) is 4.63. The van der Waals surface area contributed by atoms with Gasteiger partial charge in [0, 0.05) is 13.3 Å². The van der Waals surface area contributed by atoms with E-state index in [-0.39, 0.29) is 5.97 Å². The van der Waals surface area contributed by atoms with Crippen LogP contribution in [0.25, 0.3) is 0 Å². The summed E-state index contributed by atoms with van der Waals surface area (Å²) in [6.07, 6.45) is 0.637. The third-order valence-corrected chi connectivity index (χ3v) is 3.24. The molecule has 0 unspecified atom stereocenters. The highest BCUT2D eigenvalue weighted by Gasteiger charge is 2.05. The summed E-state index contributed by atoms with van der Waals surface area (Å²) in [4.78, 5) is 10.7. The SMILES string of the molecule is CC(=O)OCCc1ccc(Cl)c(OCc2ccccc2)c1. The first kappa shape index (κ1) is 15.4. The van der Waals surface area contributed by atoms with Crippen LogP contribution in [-0.4, -0.2) is 12.6 Å². The summed E-state index contributed by atoms with van der Waals surface area (Å²) in [5.41, 5.74) is 2.10. The molecule has 21 heavy (non-hydrogen) atoms. The highest BCUT2D eigenvalue weighted by Crippen LogP contribution is 2.26. The summed E-state index contributed by atoms with van der Waals surface area (Å²) in [6, 6.07) is 15.5. The van der Waals surface area contributed by atoms with Crippen LogP contribution in [0.2, 0.25) is 5.02 Å². The minimum atomic E-state index is -0.274. The van der Waals surface area contributed by atoms with E-state index in [4.69, 9.17) is 21.1 Å². The van der Waals surface area contributed by atoms with E-state index in [2.05, 4.69) is 0 Å². The van der Waals surface area contributed by atoms with Crippen LogP contribution in [0.4, 0.5) is 0 Å². The molecule has 0 aromatic heterocycles. The van der Waals surface area contributed by atoms with Crippen LogP contribution >= 0.6 is 11.6 Å². The number of rotatable bonds is 6. The summed E-state index contributed by atoms with van der Waals surface area (Å²) in [6.45, 7) is 2.22. The Hall–Kier alpha value is -2.00. The molecule has 2 aromatic carbocycles.